The van der Waals surface area contributed by atoms with Gasteiger partial charge in [-0.2, -0.15) is 4.98 Å². The largest absolute Gasteiger partial charge is 0.383 e. The van der Waals surface area contributed by atoms with Crippen molar-refractivity contribution >= 4 is 22.8 Å². The molecule has 0 aliphatic carbocycles. The lowest BCUT2D eigenvalue weighted by Crippen LogP contribution is -2.19. The topological polar surface area (TPSA) is 90.9 Å². The minimum absolute atomic E-state index is 0.00752. The number of aromatic nitrogens is 4. The smallest absolute Gasteiger partial charge is 0.225 e. The molecule has 1 fully saturated rings. The third-order valence-electron chi connectivity index (χ3n) is 5.29. The highest BCUT2D eigenvalue weighted by atomic mass is 19.2. The molecule has 1 aliphatic heterocycles. The molecular formula is C22H20F2N6O. The molecule has 1 aliphatic rings. The van der Waals surface area contributed by atoms with Crippen LogP contribution in [-0.4, -0.2) is 39.0 Å². The molecule has 1 atom stereocenters. The van der Waals surface area contributed by atoms with E-state index < -0.39 is 11.6 Å². The van der Waals surface area contributed by atoms with Crippen molar-refractivity contribution in [2.45, 2.75) is 18.9 Å². The van der Waals surface area contributed by atoms with Crippen LogP contribution in [0.2, 0.25) is 0 Å². The summed E-state index contributed by atoms with van der Waals surface area (Å²) in [5, 5.41) is 8.01. The maximum absolute atomic E-state index is 14.7. The minimum Gasteiger partial charge on any atom is -0.383 e. The number of rotatable bonds is 5. The summed E-state index contributed by atoms with van der Waals surface area (Å²) in [5.41, 5.74) is 7.56. The number of anilines is 2. The first-order chi connectivity index (χ1) is 15.1. The van der Waals surface area contributed by atoms with E-state index >= 15 is 0 Å². The lowest BCUT2D eigenvalue weighted by molar-refractivity contribution is 0.120. The predicted octanol–water partition coefficient (Wildman–Crippen LogP) is 3.93. The van der Waals surface area contributed by atoms with Crippen molar-refractivity contribution in [1.82, 2.24) is 19.7 Å². The van der Waals surface area contributed by atoms with Gasteiger partial charge < -0.3 is 15.8 Å². The monoisotopic (exact) mass is 422 g/mol. The highest BCUT2D eigenvalue weighted by Gasteiger charge is 2.23. The number of ether oxygens (including phenoxy) is 1. The molecular weight excluding hydrogens is 402 g/mol. The first kappa shape index (κ1) is 19.4. The van der Waals surface area contributed by atoms with Crippen molar-refractivity contribution < 1.29 is 13.5 Å². The van der Waals surface area contributed by atoms with Gasteiger partial charge in [-0.3, -0.25) is 0 Å². The van der Waals surface area contributed by atoms with E-state index in [2.05, 4.69) is 20.4 Å². The second-order valence-electron chi connectivity index (χ2n) is 7.34. The average molecular weight is 422 g/mol. The summed E-state index contributed by atoms with van der Waals surface area (Å²) >= 11 is 0. The van der Waals surface area contributed by atoms with Gasteiger partial charge in [0.05, 0.1) is 22.9 Å². The van der Waals surface area contributed by atoms with Gasteiger partial charge in [-0.15, -0.1) is 5.10 Å². The van der Waals surface area contributed by atoms with Gasteiger partial charge in [0, 0.05) is 18.7 Å². The van der Waals surface area contributed by atoms with Crippen LogP contribution in [0.4, 0.5) is 20.5 Å². The van der Waals surface area contributed by atoms with Gasteiger partial charge in [0.15, 0.2) is 17.3 Å². The van der Waals surface area contributed by atoms with Gasteiger partial charge in [-0.05, 0) is 37.1 Å². The molecule has 3 heterocycles. The zero-order chi connectivity index (χ0) is 21.4. The van der Waals surface area contributed by atoms with E-state index in [1.165, 1.54) is 16.8 Å². The molecule has 1 unspecified atom stereocenters. The van der Waals surface area contributed by atoms with E-state index in [0.29, 0.717) is 11.9 Å². The Kier molecular flexibility index (Phi) is 4.95. The third kappa shape index (κ3) is 3.57. The van der Waals surface area contributed by atoms with Crippen LogP contribution >= 0.6 is 0 Å². The van der Waals surface area contributed by atoms with Crippen molar-refractivity contribution in [1.29, 1.82) is 0 Å². The molecule has 31 heavy (non-hydrogen) atoms. The van der Waals surface area contributed by atoms with Crippen molar-refractivity contribution in [3.05, 3.63) is 60.2 Å². The van der Waals surface area contributed by atoms with Crippen molar-refractivity contribution in [2.24, 2.45) is 0 Å². The molecule has 1 saturated heterocycles. The SMILES string of the molecule is Nc1c2c(-c3cccc(F)c3F)nc(NCC3CCCO3)nc2nn1-c1ccccc1. The molecule has 0 amide bonds. The van der Waals surface area contributed by atoms with Crippen LogP contribution in [-0.2, 0) is 4.74 Å². The number of hydrogen-bond donors (Lipinski definition) is 2. The second-order valence-corrected chi connectivity index (χ2v) is 7.34. The van der Waals surface area contributed by atoms with Gasteiger partial charge in [0.1, 0.15) is 5.82 Å². The number of fused-ring (bicyclic) bond motifs is 1. The van der Waals surface area contributed by atoms with Crippen LogP contribution in [0.1, 0.15) is 12.8 Å². The zero-order valence-electron chi connectivity index (χ0n) is 16.6. The molecule has 0 saturated carbocycles. The number of para-hydroxylation sites is 1. The van der Waals surface area contributed by atoms with Crippen molar-refractivity contribution in [3.63, 3.8) is 0 Å². The Balaban J connectivity index is 1.67. The maximum atomic E-state index is 14.7. The molecule has 7 nitrogen and oxygen atoms in total. The predicted molar refractivity (Wildman–Crippen MR) is 114 cm³/mol. The minimum atomic E-state index is -1.00. The maximum Gasteiger partial charge on any atom is 0.225 e. The number of benzene rings is 2. The lowest BCUT2D eigenvalue weighted by Gasteiger charge is -2.12. The molecule has 2 aromatic carbocycles. The molecule has 2 aromatic heterocycles. The van der Waals surface area contributed by atoms with Gasteiger partial charge in [-0.1, -0.05) is 24.3 Å². The van der Waals surface area contributed by atoms with E-state index in [1.807, 2.05) is 30.3 Å². The molecule has 0 bridgehead atoms. The average Bonchev–Trinajstić information content (AvgIpc) is 3.42. The van der Waals surface area contributed by atoms with Crippen molar-refractivity contribution in [3.8, 4) is 16.9 Å². The van der Waals surface area contributed by atoms with E-state index in [9.17, 15) is 8.78 Å². The molecule has 3 N–H and O–H groups in total. The quantitative estimate of drug-likeness (QED) is 0.506. The Morgan fingerprint density at radius 2 is 1.94 bits per heavy atom. The standard InChI is InChI=1S/C22H20F2N6O/c23-16-10-4-9-15(18(16)24)19-17-20(25)30(13-6-2-1-3-7-13)29-21(17)28-22(27-19)26-12-14-8-5-11-31-14/h1-4,6-7,9-10,14H,5,8,11-12,25H2,(H,26,28,29). The van der Waals surface area contributed by atoms with Crippen molar-refractivity contribution in [2.75, 3.05) is 24.2 Å². The Labute approximate surface area is 176 Å². The van der Waals surface area contributed by atoms with Gasteiger partial charge in [0.2, 0.25) is 5.95 Å². The van der Waals surface area contributed by atoms with Crippen LogP contribution in [0.15, 0.2) is 48.5 Å². The van der Waals surface area contributed by atoms with Crippen LogP contribution in [0.5, 0.6) is 0 Å². The van der Waals surface area contributed by atoms with Crippen LogP contribution < -0.4 is 11.1 Å². The number of halogens is 2. The highest BCUT2D eigenvalue weighted by Crippen LogP contribution is 2.34. The lowest BCUT2D eigenvalue weighted by atomic mass is 10.1. The normalized spacial score (nSPS) is 16.1. The Hall–Kier alpha value is -3.59. The summed E-state index contributed by atoms with van der Waals surface area (Å²) < 4.78 is 35.8. The molecule has 0 radical (unpaired) electrons. The molecule has 4 aromatic rings. The highest BCUT2D eigenvalue weighted by molar-refractivity contribution is 5.99. The summed E-state index contributed by atoms with van der Waals surface area (Å²) in [5.74, 6) is -1.48. The van der Waals surface area contributed by atoms with E-state index in [1.54, 1.807) is 0 Å². The second kappa shape index (κ2) is 7.92. The number of hydrogen-bond acceptors (Lipinski definition) is 6. The Morgan fingerprint density at radius 1 is 1.10 bits per heavy atom. The number of nitrogens with one attached hydrogen (secondary N) is 1. The summed E-state index contributed by atoms with van der Waals surface area (Å²) in [4.78, 5) is 8.96. The van der Waals surface area contributed by atoms with Crippen LogP contribution in [0, 0.1) is 11.6 Å². The number of nitrogen functional groups attached to an aromatic ring is 1. The third-order valence-corrected chi connectivity index (χ3v) is 5.29. The number of nitrogens with zero attached hydrogens (tertiary/aromatic N) is 4. The molecule has 158 valence electrons. The number of nitrogens with two attached hydrogens (primary N) is 1. The van der Waals surface area contributed by atoms with E-state index in [4.69, 9.17) is 10.5 Å². The zero-order valence-corrected chi connectivity index (χ0v) is 16.6. The summed E-state index contributed by atoms with van der Waals surface area (Å²) in [7, 11) is 0. The Bertz CT molecular complexity index is 1240. The van der Waals surface area contributed by atoms with E-state index in [-0.39, 0.29) is 34.8 Å². The molecule has 5 rings (SSSR count). The van der Waals surface area contributed by atoms with Gasteiger partial charge in [0.25, 0.3) is 0 Å². The fourth-order valence-electron chi connectivity index (χ4n) is 3.75. The summed E-state index contributed by atoms with van der Waals surface area (Å²) in [6.07, 6.45) is 2.00. The van der Waals surface area contributed by atoms with Gasteiger partial charge >= 0.3 is 0 Å². The fourth-order valence-corrected chi connectivity index (χ4v) is 3.75. The van der Waals surface area contributed by atoms with Crippen LogP contribution in [0.3, 0.4) is 0 Å². The molecule has 0 spiro atoms. The van der Waals surface area contributed by atoms with Crippen LogP contribution in [0.25, 0.3) is 28.0 Å². The summed E-state index contributed by atoms with van der Waals surface area (Å²) in [6.45, 7) is 1.23. The fraction of sp³-hybridized carbons (Fsp3) is 0.227. The van der Waals surface area contributed by atoms with Gasteiger partial charge in [-0.25, -0.2) is 18.4 Å². The first-order valence-corrected chi connectivity index (χ1v) is 10.0. The summed E-state index contributed by atoms with van der Waals surface area (Å²) in [6, 6.07) is 13.2. The first-order valence-electron chi connectivity index (χ1n) is 10.0. The molecule has 9 heteroatoms. The Morgan fingerprint density at radius 3 is 2.71 bits per heavy atom. The van der Waals surface area contributed by atoms with E-state index in [0.717, 1.165) is 31.2 Å².